The predicted molar refractivity (Wildman–Crippen MR) is 148 cm³/mol. The molecule has 1 saturated carbocycles. The lowest BCUT2D eigenvalue weighted by Crippen LogP contribution is -2.44. The molecule has 0 aromatic carbocycles. The van der Waals surface area contributed by atoms with Crippen LogP contribution in [0.15, 0.2) is 17.4 Å². The van der Waals surface area contributed by atoms with Crippen molar-refractivity contribution in [3.8, 4) is 0 Å². The number of hydrogen-bond acceptors (Lipinski definition) is 8. The molecule has 5 heterocycles. The van der Waals surface area contributed by atoms with E-state index < -0.39 is 11.4 Å². The number of ether oxygens (including phenoxy) is 3. The van der Waals surface area contributed by atoms with Crippen molar-refractivity contribution >= 4 is 45.5 Å². The van der Waals surface area contributed by atoms with E-state index in [4.69, 9.17) is 30.8 Å². The summed E-state index contributed by atoms with van der Waals surface area (Å²) in [5.74, 6) is 1.06. The maximum absolute atomic E-state index is 12.6. The van der Waals surface area contributed by atoms with Crippen molar-refractivity contribution in [1.29, 1.82) is 0 Å². The molecule has 0 spiro atoms. The molecule has 2 aromatic heterocycles. The number of aliphatic imine (C=N–C) groups is 1. The molecule has 0 unspecified atom stereocenters. The van der Waals surface area contributed by atoms with Gasteiger partial charge in [0.05, 0.1) is 12.1 Å². The van der Waals surface area contributed by atoms with Crippen molar-refractivity contribution in [3.05, 3.63) is 23.2 Å². The molecule has 1 aliphatic carbocycles. The van der Waals surface area contributed by atoms with E-state index in [1.807, 2.05) is 45.7 Å². The Morgan fingerprint density at radius 1 is 1.21 bits per heavy atom. The van der Waals surface area contributed by atoms with Gasteiger partial charge in [-0.3, -0.25) is 4.99 Å². The minimum Gasteiger partial charge on any atom is -0.444 e. The minimum atomic E-state index is -0.659. The fourth-order valence-electron chi connectivity index (χ4n) is 6.49. The molecule has 0 N–H and O–H groups in total. The molecule has 4 aliphatic rings. The number of carbonyl (C=O) groups is 1. The molecule has 11 heteroatoms. The summed E-state index contributed by atoms with van der Waals surface area (Å²) in [7, 11) is 0. The third kappa shape index (κ3) is 4.93. The number of halogens is 1. The normalized spacial score (nSPS) is 29.6. The van der Waals surface area contributed by atoms with Crippen molar-refractivity contribution in [3.63, 3.8) is 0 Å². The van der Waals surface area contributed by atoms with E-state index in [2.05, 4.69) is 20.7 Å². The quantitative estimate of drug-likeness (QED) is 0.469. The molecule has 4 atom stereocenters. The van der Waals surface area contributed by atoms with E-state index in [1.165, 1.54) is 0 Å². The second-order valence-corrected chi connectivity index (χ2v) is 13.6. The zero-order chi connectivity index (χ0) is 26.8. The standard InChI is InChI=1S/C27H36ClN5O4S/c1-26(2,3)37-25(34)32-9-6-15(7-10-32)16-12-19(21-20(16)35-27(4,5)36-21)33-14-18(23-29-8-11-38-23)17-13-30-24(28)31-22(17)33/h13-16,19-21H,6-12H2,1-5H3/t16-,19-,20-,21+/m1/s1. The van der Waals surface area contributed by atoms with Gasteiger partial charge in [-0.05, 0) is 77.3 Å². The third-order valence-electron chi connectivity index (χ3n) is 7.99. The van der Waals surface area contributed by atoms with Gasteiger partial charge in [-0.15, -0.1) is 11.8 Å². The van der Waals surface area contributed by atoms with Gasteiger partial charge in [-0.2, -0.15) is 4.98 Å². The molecule has 206 valence electrons. The van der Waals surface area contributed by atoms with Crippen LogP contribution in [0.1, 0.15) is 65.5 Å². The Bertz CT molecular complexity index is 1270. The lowest BCUT2D eigenvalue weighted by atomic mass is 9.82. The number of nitrogens with zero attached hydrogens (tertiary/aromatic N) is 5. The van der Waals surface area contributed by atoms with Crippen LogP contribution in [0.4, 0.5) is 4.79 Å². The van der Waals surface area contributed by atoms with Gasteiger partial charge < -0.3 is 23.7 Å². The zero-order valence-electron chi connectivity index (χ0n) is 22.6. The number of amides is 1. The highest BCUT2D eigenvalue weighted by atomic mass is 35.5. The summed E-state index contributed by atoms with van der Waals surface area (Å²) in [6.07, 6.45) is 6.37. The Labute approximate surface area is 232 Å². The van der Waals surface area contributed by atoms with Crippen LogP contribution in [0, 0.1) is 11.8 Å². The van der Waals surface area contributed by atoms with Crippen molar-refractivity contribution < 1.29 is 19.0 Å². The number of fused-ring (bicyclic) bond motifs is 2. The maximum atomic E-state index is 12.6. The van der Waals surface area contributed by atoms with Crippen molar-refractivity contribution in [2.24, 2.45) is 16.8 Å². The molecule has 38 heavy (non-hydrogen) atoms. The fourth-order valence-corrected chi connectivity index (χ4v) is 7.50. The Morgan fingerprint density at radius 2 is 1.95 bits per heavy atom. The predicted octanol–water partition coefficient (Wildman–Crippen LogP) is 5.31. The monoisotopic (exact) mass is 561 g/mol. The van der Waals surface area contributed by atoms with Gasteiger partial charge in [0.1, 0.15) is 22.4 Å². The molecular weight excluding hydrogens is 526 g/mol. The average molecular weight is 562 g/mol. The van der Waals surface area contributed by atoms with Gasteiger partial charge >= 0.3 is 6.09 Å². The molecule has 0 radical (unpaired) electrons. The maximum Gasteiger partial charge on any atom is 0.410 e. The first-order chi connectivity index (χ1) is 18.0. The fraction of sp³-hybridized carbons (Fsp3) is 0.704. The van der Waals surface area contributed by atoms with E-state index in [-0.39, 0.29) is 29.6 Å². The summed E-state index contributed by atoms with van der Waals surface area (Å²) >= 11 is 8.05. The molecule has 6 rings (SSSR count). The molecule has 9 nitrogen and oxygen atoms in total. The van der Waals surface area contributed by atoms with Crippen molar-refractivity contribution in [1.82, 2.24) is 19.4 Å². The van der Waals surface area contributed by atoms with Crippen LogP contribution in [0.25, 0.3) is 11.0 Å². The smallest absolute Gasteiger partial charge is 0.410 e. The van der Waals surface area contributed by atoms with Crippen LogP contribution in [0.3, 0.4) is 0 Å². The zero-order valence-corrected chi connectivity index (χ0v) is 24.2. The van der Waals surface area contributed by atoms with Crippen LogP contribution < -0.4 is 0 Å². The first-order valence-electron chi connectivity index (χ1n) is 13.5. The summed E-state index contributed by atoms with van der Waals surface area (Å²) in [4.78, 5) is 28.1. The van der Waals surface area contributed by atoms with Gasteiger partial charge in [0.2, 0.25) is 5.28 Å². The number of carbonyl (C=O) groups excluding carboxylic acids is 1. The highest BCUT2D eigenvalue weighted by molar-refractivity contribution is 8.14. The summed E-state index contributed by atoms with van der Waals surface area (Å²) in [6.45, 7) is 11.9. The van der Waals surface area contributed by atoms with Gasteiger partial charge in [-0.1, -0.05) is 0 Å². The van der Waals surface area contributed by atoms with E-state index in [1.54, 1.807) is 11.8 Å². The van der Waals surface area contributed by atoms with E-state index in [9.17, 15) is 4.79 Å². The highest BCUT2D eigenvalue weighted by Crippen LogP contribution is 2.52. The average Bonchev–Trinajstić information content (AvgIpc) is 3.60. The van der Waals surface area contributed by atoms with Crippen molar-refractivity contribution in [2.45, 2.75) is 83.5 Å². The largest absolute Gasteiger partial charge is 0.444 e. The van der Waals surface area contributed by atoms with Crippen LogP contribution in [-0.2, 0) is 14.2 Å². The van der Waals surface area contributed by atoms with Crippen LogP contribution >= 0.6 is 23.4 Å². The van der Waals surface area contributed by atoms with Crippen LogP contribution in [0.5, 0.6) is 0 Å². The second-order valence-electron chi connectivity index (χ2n) is 12.2. The van der Waals surface area contributed by atoms with Crippen LogP contribution in [-0.4, -0.2) is 79.6 Å². The SMILES string of the molecule is CC(C)(C)OC(=O)N1CCC([C@H]2C[C@@H](n3cc(C4=NCCS4)c4cnc(Cl)nc43)[C@@H]3OC(C)(C)O[C@@H]32)CC1. The van der Waals surface area contributed by atoms with Gasteiger partial charge in [0.25, 0.3) is 0 Å². The summed E-state index contributed by atoms with van der Waals surface area (Å²) in [6, 6.07) is 0.0462. The topological polar surface area (TPSA) is 91.1 Å². The minimum absolute atomic E-state index is 0.0236. The molecule has 3 fully saturated rings. The number of aromatic nitrogens is 3. The van der Waals surface area contributed by atoms with Gasteiger partial charge in [0.15, 0.2) is 5.79 Å². The molecule has 2 aromatic rings. The second kappa shape index (κ2) is 9.64. The Morgan fingerprint density at radius 3 is 2.63 bits per heavy atom. The summed E-state index contributed by atoms with van der Waals surface area (Å²) in [5.41, 5.74) is 1.38. The summed E-state index contributed by atoms with van der Waals surface area (Å²) < 4.78 is 20.9. The van der Waals surface area contributed by atoms with E-state index in [0.717, 1.165) is 53.2 Å². The highest BCUT2D eigenvalue weighted by Gasteiger charge is 2.56. The van der Waals surface area contributed by atoms with Crippen molar-refractivity contribution in [2.75, 3.05) is 25.4 Å². The van der Waals surface area contributed by atoms with Gasteiger partial charge in [0, 0.05) is 48.7 Å². The van der Waals surface area contributed by atoms with E-state index >= 15 is 0 Å². The van der Waals surface area contributed by atoms with Crippen LogP contribution in [0.2, 0.25) is 5.28 Å². The number of hydrogen-bond donors (Lipinski definition) is 0. The molecule has 1 amide bonds. The molecule has 0 bridgehead atoms. The lowest BCUT2D eigenvalue weighted by molar-refractivity contribution is -0.163. The molecule has 3 aliphatic heterocycles. The third-order valence-corrected chi connectivity index (χ3v) is 9.18. The number of rotatable bonds is 3. The molecule has 2 saturated heterocycles. The number of thioether (sulfide) groups is 1. The Hall–Kier alpha value is -1.88. The number of likely N-dealkylation sites (tertiary alicyclic amines) is 1. The van der Waals surface area contributed by atoms with Gasteiger partial charge in [-0.25, -0.2) is 9.78 Å². The number of piperidine rings is 1. The first kappa shape index (κ1) is 26.3. The molecular formula is C27H36ClN5O4S. The van der Waals surface area contributed by atoms with E-state index in [0.29, 0.717) is 24.9 Å². The lowest BCUT2D eigenvalue weighted by Gasteiger charge is -2.37. The summed E-state index contributed by atoms with van der Waals surface area (Å²) in [5, 5.41) is 2.23. The Kier molecular flexibility index (Phi) is 6.69. The first-order valence-corrected chi connectivity index (χ1v) is 14.9. The Balaban J connectivity index is 1.28.